The van der Waals surface area contributed by atoms with Crippen molar-refractivity contribution in [3.63, 3.8) is 0 Å². The number of halogens is 1. The Morgan fingerprint density at radius 3 is 2.44 bits per heavy atom. The standard InChI is InChI=1S/C21H27FN4O/c1-21(2,19-5-3-4-10-23-19)20(27)24-11-12-25-13-15-26(16-14-25)18-8-6-17(22)7-9-18/h3-10H,11-16H2,1-2H3,(H,24,27). The van der Waals surface area contributed by atoms with Gasteiger partial charge in [0.05, 0.1) is 11.1 Å². The van der Waals surface area contributed by atoms with E-state index in [4.69, 9.17) is 0 Å². The molecule has 1 aromatic carbocycles. The van der Waals surface area contributed by atoms with Gasteiger partial charge in [0, 0.05) is 51.2 Å². The van der Waals surface area contributed by atoms with E-state index in [9.17, 15) is 9.18 Å². The number of piperazine rings is 1. The third kappa shape index (κ3) is 4.83. The number of amides is 1. The minimum atomic E-state index is -0.650. The molecule has 1 aliphatic heterocycles. The van der Waals surface area contributed by atoms with Crippen molar-refractivity contribution in [1.29, 1.82) is 0 Å². The van der Waals surface area contributed by atoms with Gasteiger partial charge in [0.25, 0.3) is 0 Å². The van der Waals surface area contributed by atoms with Crippen molar-refractivity contribution in [2.75, 3.05) is 44.2 Å². The second-order valence-corrected chi connectivity index (χ2v) is 7.40. The lowest BCUT2D eigenvalue weighted by atomic mass is 9.87. The zero-order valence-corrected chi connectivity index (χ0v) is 16.0. The van der Waals surface area contributed by atoms with Gasteiger partial charge in [-0.2, -0.15) is 0 Å². The smallest absolute Gasteiger partial charge is 0.231 e. The summed E-state index contributed by atoms with van der Waals surface area (Å²) in [7, 11) is 0. The molecule has 1 aliphatic rings. The van der Waals surface area contributed by atoms with Gasteiger partial charge in [0.2, 0.25) is 5.91 Å². The fraction of sp³-hybridized carbons (Fsp3) is 0.429. The Morgan fingerprint density at radius 2 is 1.81 bits per heavy atom. The SMILES string of the molecule is CC(C)(C(=O)NCCN1CCN(c2ccc(F)cc2)CC1)c1ccccn1. The average molecular weight is 370 g/mol. The third-order valence-corrected chi connectivity index (χ3v) is 5.15. The first-order chi connectivity index (χ1) is 13.0. The Bertz CT molecular complexity index is 741. The van der Waals surface area contributed by atoms with Gasteiger partial charge in [-0.1, -0.05) is 6.07 Å². The second-order valence-electron chi connectivity index (χ2n) is 7.40. The van der Waals surface area contributed by atoms with Crippen LogP contribution in [-0.2, 0) is 10.2 Å². The molecule has 0 atom stereocenters. The number of anilines is 1. The topological polar surface area (TPSA) is 48.5 Å². The Labute approximate surface area is 160 Å². The summed E-state index contributed by atoms with van der Waals surface area (Å²) >= 11 is 0. The molecule has 1 fully saturated rings. The van der Waals surface area contributed by atoms with Gasteiger partial charge >= 0.3 is 0 Å². The molecule has 1 amide bonds. The van der Waals surface area contributed by atoms with Gasteiger partial charge in [0.1, 0.15) is 5.82 Å². The van der Waals surface area contributed by atoms with Crippen molar-refractivity contribution in [2.45, 2.75) is 19.3 Å². The minimum Gasteiger partial charge on any atom is -0.369 e. The van der Waals surface area contributed by atoms with Crippen LogP contribution in [0.4, 0.5) is 10.1 Å². The van der Waals surface area contributed by atoms with Crippen LogP contribution < -0.4 is 10.2 Å². The lowest BCUT2D eigenvalue weighted by molar-refractivity contribution is -0.125. The van der Waals surface area contributed by atoms with Crippen molar-refractivity contribution in [1.82, 2.24) is 15.2 Å². The molecular weight excluding hydrogens is 343 g/mol. The molecule has 2 aromatic rings. The minimum absolute atomic E-state index is 0.00820. The summed E-state index contributed by atoms with van der Waals surface area (Å²) in [6, 6.07) is 12.3. The first kappa shape index (κ1) is 19.3. The maximum atomic E-state index is 13.0. The van der Waals surface area contributed by atoms with E-state index in [1.165, 1.54) is 12.1 Å². The predicted octanol–water partition coefficient (Wildman–Crippen LogP) is 2.44. The molecule has 3 rings (SSSR count). The highest BCUT2D eigenvalue weighted by Gasteiger charge is 2.30. The normalized spacial score (nSPS) is 15.6. The predicted molar refractivity (Wildman–Crippen MR) is 105 cm³/mol. The molecular formula is C21H27FN4O. The maximum Gasteiger partial charge on any atom is 0.231 e. The molecule has 27 heavy (non-hydrogen) atoms. The van der Waals surface area contributed by atoms with E-state index in [0.717, 1.165) is 44.1 Å². The molecule has 6 heteroatoms. The Hall–Kier alpha value is -2.47. The van der Waals surface area contributed by atoms with Crippen molar-refractivity contribution in [2.24, 2.45) is 0 Å². The molecule has 0 bridgehead atoms. The number of pyridine rings is 1. The molecule has 0 saturated carbocycles. The van der Waals surface area contributed by atoms with Crippen molar-refractivity contribution in [3.05, 3.63) is 60.2 Å². The van der Waals surface area contributed by atoms with Gasteiger partial charge in [0.15, 0.2) is 0 Å². The number of rotatable bonds is 6. The van der Waals surface area contributed by atoms with E-state index in [1.54, 1.807) is 6.20 Å². The van der Waals surface area contributed by atoms with Crippen LogP contribution in [-0.4, -0.2) is 55.1 Å². The number of nitrogens with one attached hydrogen (secondary N) is 1. The molecule has 1 saturated heterocycles. The van der Waals surface area contributed by atoms with E-state index in [2.05, 4.69) is 20.1 Å². The highest BCUT2D eigenvalue weighted by molar-refractivity contribution is 5.86. The molecule has 1 N–H and O–H groups in total. The van der Waals surface area contributed by atoms with Crippen LogP contribution in [0.5, 0.6) is 0 Å². The Morgan fingerprint density at radius 1 is 1.11 bits per heavy atom. The van der Waals surface area contributed by atoms with Gasteiger partial charge in [-0.25, -0.2) is 4.39 Å². The van der Waals surface area contributed by atoms with Crippen LogP contribution in [0.2, 0.25) is 0 Å². The van der Waals surface area contributed by atoms with Gasteiger partial charge in [-0.15, -0.1) is 0 Å². The largest absolute Gasteiger partial charge is 0.369 e. The highest BCUT2D eigenvalue weighted by Crippen LogP contribution is 2.21. The zero-order chi connectivity index (χ0) is 19.3. The quantitative estimate of drug-likeness (QED) is 0.849. The van der Waals surface area contributed by atoms with Gasteiger partial charge in [-0.3, -0.25) is 14.7 Å². The first-order valence-corrected chi connectivity index (χ1v) is 9.39. The number of carbonyl (C=O) groups is 1. The lowest BCUT2D eigenvalue weighted by Gasteiger charge is -2.36. The average Bonchev–Trinajstić information content (AvgIpc) is 2.70. The highest BCUT2D eigenvalue weighted by atomic mass is 19.1. The fourth-order valence-corrected chi connectivity index (χ4v) is 3.28. The van der Waals surface area contributed by atoms with E-state index < -0.39 is 5.41 Å². The summed E-state index contributed by atoms with van der Waals surface area (Å²) in [5.41, 5.74) is 1.18. The van der Waals surface area contributed by atoms with E-state index >= 15 is 0 Å². The second kappa shape index (κ2) is 8.48. The number of carbonyl (C=O) groups excluding carboxylic acids is 1. The van der Waals surface area contributed by atoms with Gasteiger partial charge < -0.3 is 10.2 Å². The monoisotopic (exact) mass is 370 g/mol. The van der Waals surface area contributed by atoms with Crippen LogP contribution in [0.25, 0.3) is 0 Å². The number of hydrogen-bond acceptors (Lipinski definition) is 4. The van der Waals surface area contributed by atoms with Crippen LogP contribution in [0, 0.1) is 5.82 Å². The van der Waals surface area contributed by atoms with Crippen molar-refractivity contribution in [3.8, 4) is 0 Å². The summed E-state index contributed by atoms with van der Waals surface area (Å²) in [5, 5.41) is 3.04. The summed E-state index contributed by atoms with van der Waals surface area (Å²) in [6.07, 6.45) is 1.71. The molecule has 2 heterocycles. The Balaban J connectivity index is 1.42. The molecule has 0 radical (unpaired) electrons. The first-order valence-electron chi connectivity index (χ1n) is 9.39. The molecule has 0 spiro atoms. The van der Waals surface area contributed by atoms with Gasteiger partial charge in [-0.05, 0) is 50.2 Å². The number of hydrogen-bond donors (Lipinski definition) is 1. The number of benzene rings is 1. The summed E-state index contributed by atoms with van der Waals surface area (Å²) in [4.78, 5) is 21.5. The lowest BCUT2D eigenvalue weighted by Crippen LogP contribution is -2.49. The molecule has 1 aromatic heterocycles. The maximum absolute atomic E-state index is 13.0. The van der Waals surface area contributed by atoms with Crippen LogP contribution in [0.15, 0.2) is 48.7 Å². The van der Waals surface area contributed by atoms with Crippen molar-refractivity contribution >= 4 is 11.6 Å². The molecule has 144 valence electrons. The molecule has 5 nitrogen and oxygen atoms in total. The number of nitrogens with zero attached hydrogens (tertiary/aromatic N) is 3. The van der Waals surface area contributed by atoms with Crippen LogP contribution in [0.3, 0.4) is 0 Å². The number of aromatic nitrogens is 1. The summed E-state index contributed by atoms with van der Waals surface area (Å²) in [5.74, 6) is -0.215. The van der Waals surface area contributed by atoms with Crippen LogP contribution in [0.1, 0.15) is 19.5 Å². The fourth-order valence-electron chi connectivity index (χ4n) is 3.28. The zero-order valence-electron chi connectivity index (χ0n) is 16.0. The summed E-state index contributed by atoms with van der Waals surface area (Å²) in [6.45, 7) is 8.89. The van der Waals surface area contributed by atoms with E-state index in [1.807, 2.05) is 44.2 Å². The molecule has 0 aliphatic carbocycles. The van der Waals surface area contributed by atoms with E-state index in [0.29, 0.717) is 6.54 Å². The Kier molecular flexibility index (Phi) is 6.06. The van der Waals surface area contributed by atoms with Crippen molar-refractivity contribution < 1.29 is 9.18 Å². The third-order valence-electron chi connectivity index (χ3n) is 5.15. The van der Waals surface area contributed by atoms with Crippen LogP contribution >= 0.6 is 0 Å². The summed E-state index contributed by atoms with van der Waals surface area (Å²) < 4.78 is 13.0. The van der Waals surface area contributed by atoms with E-state index in [-0.39, 0.29) is 11.7 Å². The molecule has 0 unspecified atom stereocenters.